The van der Waals surface area contributed by atoms with E-state index in [-0.39, 0.29) is 12.0 Å². The van der Waals surface area contributed by atoms with Crippen molar-refractivity contribution in [2.24, 2.45) is 0 Å². The molecule has 31 heavy (non-hydrogen) atoms. The van der Waals surface area contributed by atoms with Crippen LogP contribution in [0.3, 0.4) is 0 Å². The van der Waals surface area contributed by atoms with Gasteiger partial charge in [-0.05, 0) is 43.7 Å². The van der Waals surface area contributed by atoms with Crippen molar-refractivity contribution in [3.63, 3.8) is 0 Å². The van der Waals surface area contributed by atoms with Crippen LogP contribution in [-0.4, -0.2) is 47.6 Å². The molecule has 1 atom stereocenters. The summed E-state index contributed by atoms with van der Waals surface area (Å²) in [5, 5.41) is 4.18. The van der Waals surface area contributed by atoms with Crippen LogP contribution in [0, 0.1) is 13.8 Å². The molecule has 0 spiro atoms. The van der Waals surface area contributed by atoms with Crippen molar-refractivity contribution in [2.75, 3.05) is 32.1 Å². The van der Waals surface area contributed by atoms with Crippen molar-refractivity contribution in [3.05, 3.63) is 70.0 Å². The molecule has 2 aromatic heterocycles. The first-order valence-corrected chi connectivity index (χ1v) is 11.0. The normalized spacial score (nSPS) is 16.4. The number of methoxy groups -OCH3 is 1. The maximum Gasteiger partial charge on any atom is 0.254 e. The smallest absolute Gasteiger partial charge is 0.254 e. The Balaban J connectivity index is 1.48. The van der Waals surface area contributed by atoms with Gasteiger partial charge >= 0.3 is 0 Å². The summed E-state index contributed by atoms with van der Waals surface area (Å²) in [6.45, 7) is 6.01. The van der Waals surface area contributed by atoms with Gasteiger partial charge in [0.2, 0.25) is 0 Å². The molecule has 1 aromatic carbocycles. The molecule has 1 amide bonds. The van der Waals surface area contributed by atoms with E-state index < -0.39 is 0 Å². The third kappa shape index (κ3) is 5.28. The van der Waals surface area contributed by atoms with E-state index in [2.05, 4.69) is 15.3 Å². The van der Waals surface area contributed by atoms with Crippen LogP contribution >= 0.6 is 11.3 Å². The molecule has 1 aliphatic heterocycles. The van der Waals surface area contributed by atoms with Crippen LogP contribution in [-0.2, 0) is 16.1 Å². The first-order chi connectivity index (χ1) is 15.0. The van der Waals surface area contributed by atoms with Gasteiger partial charge in [0.05, 0.1) is 25.5 Å². The Bertz CT molecular complexity index is 1050. The first-order valence-electron chi connectivity index (χ1n) is 10.2. The van der Waals surface area contributed by atoms with E-state index in [4.69, 9.17) is 9.47 Å². The van der Waals surface area contributed by atoms with Gasteiger partial charge in [0.15, 0.2) is 5.13 Å². The molecule has 0 saturated carbocycles. The summed E-state index contributed by atoms with van der Waals surface area (Å²) in [5.41, 5.74) is 4.31. The van der Waals surface area contributed by atoms with Gasteiger partial charge in [0.25, 0.3) is 5.91 Å². The maximum atomic E-state index is 13.0. The highest BCUT2D eigenvalue weighted by atomic mass is 32.1. The van der Waals surface area contributed by atoms with Crippen molar-refractivity contribution >= 4 is 28.1 Å². The van der Waals surface area contributed by atoms with E-state index >= 15 is 0 Å². The van der Waals surface area contributed by atoms with Crippen LogP contribution in [0.15, 0.2) is 42.6 Å². The summed E-state index contributed by atoms with van der Waals surface area (Å²) < 4.78 is 11.1. The molecule has 8 heteroatoms. The Labute approximate surface area is 186 Å². The van der Waals surface area contributed by atoms with Crippen LogP contribution in [0.1, 0.15) is 38.3 Å². The lowest BCUT2D eigenvalue weighted by atomic mass is 10.1. The summed E-state index contributed by atoms with van der Waals surface area (Å²) in [7, 11) is 1.66. The van der Waals surface area contributed by atoms with Gasteiger partial charge in [0, 0.05) is 41.7 Å². The monoisotopic (exact) mass is 438 g/mol. The van der Waals surface area contributed by atoms with Crippen molar-refractivity contribution < 1.29 is 14.3 Å². The predicted molar refractivity (Wildman–Crippen MR) is 121 cm³/mol. The number of rotatable bonds is 6. The third-order valence-electron chi connectivity index (χ3n) is 5.04. The number of carbonyl (C=O) groups excluding carboxylic acids is 1. The molecule has 1 saturated heterocycles. The predicted octanol–water partition coefficient (Wildman–Crippen LogP) is 4.26. The van der Waals surface area contributed by atoms with E-state index in [0.29, 0.717) is 31.9 Å². The molecular weight excluding hydrogens is 412 g/mol. The lowest BCUT2D eigenvalue weighted by molar-refractivity contribution is -0.0247. The second-order valence-electron chi connectivity index (χ2n) is 7.56. The summed E-state index contributed by atoms with van der Waals surface area (Å²) >= 11 is 1.60. The van der Waals surface area contributed by atoms with Gasteiger partial charge in [-0.15, -0.1) is 11.3 Å². The summed E-state index contributed by atoms with van der Waals surface area (Å²) in [6, 6.07) is 11.5. The molecule has 4 rings (SSSR count). The van der Waals surface area contributed by atoms with Crippen LogP contribution < -0.4 is 5.32 Å². The van der Waals surface area contributed by atoms with Gasteiger partial charge in [0.1, 0.15) is 6.10 Å². The van der Waals surface area contributed by atoms with Crippen LogP contribution in [0.2, 0.25) is 0 Å². The fourth-order valence-electron chi connectivity index (χ4n) is 3.57. The second-order valence-corrected chi connectivity index (χ2v) is 8.80. The topological polar surface area (TPSA) is 76.6 Å². The van der Waals surface area contributed by atoms with E-state index in [1.54, 1.807) is 18.4 Å². The van der Waals surface area contributed by atoms with Gasteiger partial charge in [-0.2, -0.15) is 0 Å². The number of nitrogens with zero attached hydrogens (tertiary/aromatic N) is 3. The average molecular weight is 439 g/mol. The van der Waals surface area contributed by atoms with Gasteiger partial charge in [-0.3, -0.25) is 9.78 Å². The van der Waals surface area contributed by atoms with Crippen molar-refractivity contribution in [1.82, 2.24) is 14.9 Å². The minimum Gasteiger partial charge on any atom is -0.380 e. The van der Waals surface area contributed by atoms with Gasteiger partial charge < -0.3 is 19.7 Å². The highest BCUT2D eigenvalue weighted by Gasteiger charge is 2.27. The Hall–Kier alpha value is -2.81. The van der Waals surface area contributed by atoms with Crippen molar-refractivity contribution in [2.45, 2.75) is 26.6 Å². The summed E-state index contributed by atoms with van der Waals surface area (Å²) in [6.07, 6.45) is 1.57. The van der Waals surface area contributed by atoms with E-state index in [1.807, 2.05) is 61.3 Å². The minimum absolute atomic E-state index is 0.00142. The van der Waals surface area contributed by atoms with Crippen molar-refractivity contribution in [3.8, 4) is 0 Å². The fourth-order valence-corrected chi connectivity index (χ4v) is 4.26. The molecule has 3 heterocycles. The lowest BCUT2D eigenvalue weighted by Gasteiger charge is -2.33. The Morgan fingerprint density at radius 1 is 1.29 bits per heavy atom. The fraction of sp³-hybridized carbons (Fsp3) is 0.348. The van der Waals surface area contributed by atoms with E-state index in [9.17, 15) is 4.79 Å². The molecule has 7 nitrogen and oxygen atoms in total. The molecule has 1 aliphatic rings. The number of carbonyl (C=O) groups is 1. The number of hydrogen-bond donors (Lipinski definition) is 1. The maximum absolute atomic E-state index is 13.0. The quantitative estimate of drug-likeness (QED) is 0.620. The minimum atomic E-state index is -0.274. The number of aryl methyl sites for hydroxylation is 2. The zero-order valence-corrected chi connectivity index (χ0v) is 18.7. The zero-order chi connectivity index (χ0) is 21.8. The molecular formula is C23H26N4O3S. The Morgan fingerprint density at radius 3 is 2.81 bits per heavy atom. The highest BCUT2D eigenvalue weighted by molar-refractivity contribution is 7.15. The number of hydrogen-bond acceptors (Lipinski definition) is 7. The largest absolute Gasteiger partial charge is 0.380 e. The average Bonchev–Trinajstić information content (AvgIpc) is 3.18. The Kier molecular flexibility index (Phi) is 6.60. The SMILES string of the molecule is COCc1ccc(C(=O)N2CCOC(c3cc(Nc4ncc(C)s4)cc(C)n3)C2)cc1. The number of amides is 1. The van der Waals surface area contributed by atoms with Crippen molar-refractivity contribution in [1.29, 1.82) is 0 Å². The summed E-state index contributed by atoms with van der Waals surface area (Å²) in [5.74, 6) is 0.00142. The number of nitrogens with one attached hydrogen (secondary N) is 1. The standard InChI is InChI=1S/C23H26N4O3S/c1-15-10-19(26-23-24-12-16(2)31-23)11-20(25-15)21-13-27(8-9-30-21)22(28)18-6-4-17(5-7-18)14-29-3/h4-7,10-12,21H,8-9,13-14H2,1-3H3,(H,24,25,26). The molecule has 1 unspecified atom stereocenters. The number of morpholine rings is 1. The zero-order valence-electron chi connectivity index (χ0n) is 17.9. The Morgan fingerprint density at radius 2 is 2.10 bits per heavy atom. The number of aromatic nitrogens is 2. The van der Waals surface area contributed by atoms with Crippen LogP contribution in [0.25, 0.3) is 0 Å². The van der Waals surface area contributed by atoms with Crippen LogP contribution in [0.5, 0.6) is 0 Å². The molecule has 1 N–H and O–H groups in total. The van der Waals surface area contributed by atoms with E-state index in [1.165, 1.54) is 0 Å². The molecule has 1 fully saturated rings. The van der Waals surface area contributed by atoms with Gasteiger partial charge in [-0.25, -0.2) is 4.98 Å². The van der Waals surface area contributed by atoms with Gasteiger partial charge in [-0.1, -0.05) is 12.1 Å². The number of ether oxygens (including phenoxy) is 2. The second kappa shape index (κ2) is 9.55. The molecule has 0 radical (unpaired) electrons. The third-order valence-corrected chi connectivity index (χ3v) is 5.87. The van der Waals surface area contributed by atoms with E-state index in [0.717, 1.165) is 32.6 Å². The molecule has 0 bridgehead atoms. The first kappa shape index (κ1) is 21.4. The van der Waals surface area contributed by atoms with Crippen LogP contribution in [0.4, 0.5) is 10.8 Å². The highest BCUT2D eigenvalue weighted by Crippen LogP contribution is 2.27. The lowest BCUT2D eigenvalue weighted by Crippen LogP contribution is -2.42. The molecule has 0 aliphatic carbocycles. The molecule has 162 valence electrons. The number of thiazole rings is 1. The number of benzene rings is 1. The number of pyridine rings is 1. The number of anilines is 2. The molecule has 3 aromatic rings. The summed E-state index contributed by atoms with van der Waals surface area (Å²) in [4.78, 5) is 25.0.